The fraction of sp³-hybridized carbons (Fsp3) is 0.190. The number of hydrogen-bond donors (Lipinski definition) is 1. The lowest BCUT2D eigenvalue weighted by Gasteiger charge is -2.08. The number of aryl methyl sites for hydroxylation is 1. The summed E-state index contributed by atoms with van der Waals surface area (Å²) in [7, 11) is 2.94. The van der Waals surface area contributed by atoms with Crippen LogP contribution in [0.15, 0.2) is 53.7 Å². The van der Waals surface area contributed by atoms with E-state index in [0.29, 0.717) is 10.8 Å². The minimum atomic E-state index is -0.546. The lowest BCUT2D eigenvalue weighted by atomic mass is 10.1. The van der Waals surface area contributed by atoms with Crippen molar-refractivity contribution in [2.75, 3.05) is 25.3 Å². The van der Waals surface area contributed by atoms with Crippen molar-refractivity contribution in [3.8, 4) is 22.8 Å². The van der Waals surface area contributed by atoms with Crippen molar-refractivity contribution < 1.29 is 19.2 Å². The Morgan fingerprint density at radius 1 is 1.10 bits per heavy atom. The highest BCUT2D eigenvalue weighted by atomic mass is 32.2. The van der Waals surface area contributed by atoms with Crippen LogP contribution in [-0.4, -0.2) is 40.8 Å². The number of rotatable bonds is 8. The van der Waals surface area contributed by atoms with Crippen molar-refractivity contribution in [3.63, 3.8) is 0 Å². The first-order valence-corrected chi connectivity index (χ1v) is 10.1. The van der Waals surface area contributed by atoms with Crippen molar-refractivity contribution in [2.45, 2.75) is 12.1 Å². The van der Waals surface area contributed by atoms with Gasteiger partial charge >= 0.3 is 5.69 Å². The largest absolute Gasteiger partial charge is 0.497 e. The molecule has 0 saturated carbocycles. The highest BCUT2D eigenvalue weighted by Gasteiger charge is 2.16. The number of methoxy groups -OCH3 is 2. The minimum Gasteiger partial charge on any atom is -0.497 e. The third kappa shape index (κ3) is 5.70. The molecule has 1 aromatic heterocycles. The summed E-state index contributed by atoms with van der Waals surface area (Å²) in [5.41, 5.74) is 2.67. The Balaban J connectivity index is 1.67. The standard InChI is InChI=1S/C21H20N4O5S/c1-13-10-17(14-4-7-16(29-2)8-5-14)24-21(22-13)31-12-20(26)23-15-6-9-18(25(27)28)19(11-15)30-3/h4-11H,12H2,1-3H3,(H,23,26). The van der Waals surface area contributed by atoms with Crippen molar-refractivity contribution in [1.82, 2.24) is 9.97 Å². The van der Waals surface area contributed by atoms with Crippen LogP contribution in [0.2, 0.25) is 0 Å². The smallest absolute Gasteiger partial charge is 0.311 e. The summed E-state index contributed by atoms with van der Waals surface area (Å²) in [6.07, 6.45) is 0. The summed E-state index contributed by atoms with van der Waals surface area (Å²) in [5, 5.41) is 14.1. The predicted octanol–water partition coefficient (Wildman–Crippen LogP) is 4.11. The molecule has 3 rings (SSSR count). The molecule has 0 saturated heterocycles. The molecule has 0 atom stereocenters. The van der Waals surface area contributed by atoms with Gasteiger partial charge in [-0.25, -0.2) is 9.97 Å². The molecule has 0 radical (unpaired) electrons. The monoisotopic (exact) mass is 440 g/mol. The van der Waals surface area contributed by atoms with Crippen molar-refractivity contribution in [2.24, 2.45) is 0 Å². The molecule has 1 heterocycles. The molecule has 2 aromatic carbocycles. The van der Waals surface area contributed by atoms with E-state index >= 15 is 0 Å². The topological polar surface area (TPSA) is 116 Å². The number of benzene rings is 2. The van der Waals surface area contributed by atoms with Gasteiger partial charge in [0.05, 0.1) is 30.6 Å². The molecule has 0 aliphatic carbocycles. The SMILES string of the molecule is COc1ccc(-c2cc(C)nc(SCC(=O)Nc3ccc([N+](=O)[O-])c(OC)c3)n2)cc1. The number of nitro groups is 1. The highest BCUT2D eigenvalue weighted by molar-refractivity contribution is 7.99. The van der Waals surface area contributed by atoms with Gasteiger partial charge in [0.15, 0.2) is 10.9 Å². The van der Waals surface area contributed by atoms with E-state index in [9.17, 15) is 14.9 Å². The lowest BCUT2D eigenvalue weighted by molar-refractivity contribution is -0.385. The fourth-order valence-corrected chi connectivity index (χ4v) is 3.45. The van der Waals surface area contributed by atoms with Crippen molar-refractivity contribution in [1.29, 1.82) is 0 Å². The van der Waals surface area contributed by atoms with Crippen LogP contribution in [0.3, 0.4) is 0 Å². The number of thioether (sulfide) groups is 1. The molecular formula is C21H20N4O5S. The number of amides is 1. The summed E-state index contributed by atoms with van der Waals surface area (Å²) in [6, 6.07) is 13.5. The molecule has 0 aliphatic rings. The van der Waals surface area contributed by atoms with E-state index in [1.54, 1.807) is 7.11 Å². The van der Waals surface area contributed by atoms with Gasteiger partial charge in [-0.3, -0.25) is 14.9 Å². The molecule has 1 amide bonds. The van der Waals surface area contributed by atoms with Crippen LogP contribution in [0.5, 0.6) is 11.5 Å². The zero-order chi connectivity index (χ0) is 22.4. The lowest BCUT2D eigenvalue weighted by Crippen LogP contribution is -2.14. The normalized spacial score (nSPS) is 10.4. The second kappa shape index (κ2) is 9.90. The zero-order valence-corrected chi connectivity index (χ0v) is 17.9. The first-order chi connectivity index (χ1) is 14.9. The van der Waals surface area contributed by atoms with Crippen LogP contribution in [0.25, 0.3) is 11.3 Å². The fourth-order valence-electron chi connectivity index (χ4n) is 2.75. The van der Waals surface area contributed by atoms with Gasteiger partial charge < -0.3 is 14.8 Å². The van der Waals surface area contributed by atoms with E-state index in [2.05, 4.69) is 15.3 Å². The first-order valence-electron chi connectivity index (χ1n) is 9.15. The third-order valence-electron chi connectivity index (χ3n) is 4.21. The van der Waals surface area contributed by atoms with Crippen LogP contribution in [-0.2, 0) is 4.79 Å². The van der Waals surface area contributed by atoms with Gasteiger partial charge in [-0.05, 0) is 43.3 Å². The maximum absolute atomic E-state index is 12.3. The Labute approximate surface area is 183 Å². The van der Waals surface area contributed by atoms with E-state index in [1.807, 2.05) is 37.3 Å². The summed E-state index contributed by atoms with van der Waals surface area (Å²) in [5.74, 6) is 0.604. The third-order valence-corrected chi connectivity index (χ3v) is 5.06. The molecule has 160 valence electrons. The number of nitrogens with zero attached hydrogens (tertiary/aromatic N) is 3. The zero-order valence-electron chi connectivity index (χ0n) is 17.1. The van der Waals surface area contributed by atoms with Crippen LogP contribution >= 0.6 is 11.8 Å². The predicted molar refractivity (Wildman–Crippen MR) is 118 cm³/mol. The molecule has 9 nitrogen and oxygen atoms in total. The van der Waals surface area contributed by atoms with Crippen LogP contribution in [0, 0.1) is 17.0 Å². The van der Waals surface area contributed by atoms with E-state index in [0.717, 1.165) is 22.7 Å². The Bertz CT molecular complexity index is 1110. The van der Waals surface area contributed by atoms with Crippen LogP contribution in [0.4, 0.5) is 11.4 Å². The van der Waals surface area contributed by atoms with Crippen LogP contribution in [0.1, 0.15) is 5.69 Å². The van der Waals surface area contributed by atoms with Gasteiger partial charge in [0, 0.05) is 29.1 Å². The molecule has 0 bridgehead atoms. The molecule has 3 aromatic rings. The molecule has 0 spiro atoms. The average Bonchev–Trinajstić information content (AvgIpc) is 2.77. The second-order valence-electron chi connectivity index (χ2n) is 6.39. The number of nitro benzene ring substituents is 1. The number of carbonyl (C=O) groups is 1. The Kier molecular flexibility index (Phi) is 7.03. The Morgan fingerprint density at radius 3 is 2.48 bits per heavy atom. The van der Waals surface area contributed by atoms with Crippen molar-refractivity contribution in [3.05, 3.63) is 64.3 Å². The maximum atomic E-state index is 12.3. The molecule has 31 heavy (non-hydrogen) atoms. The molecule has 0 fully saturated rings. The number of anilines is 1. The van der Waals surface area contributed by atoms with E-state index in [1.165, 1.54) is 37.1 Å². The summed E-state index contributed by atoms with van der Waals surface area (Å²) < 4.78 is 10.2. The number of hydrogen-bond acceptors (Lipinski definition) is 8. The van der Waals surface area contributed by atoms with Gasteiger partial charge in [0.1, 0.15) is 5.75 Å². The number of nitrogens with one attached hydrogen (secondary N) is 1. The summed E-state index contributed by atoms with van der Waals surface area (Å²) in [6.45, 7) is 1.86. The quantitative estimate of drug-likeness (QED) is 0.241. The van der Waals surface area contributed by atoms with E-state index in [4.69, 9.17) is 9.47 Å². The molecule has 1 N–H and O–H groups in total. The number of carbonyl (C=O) groups excluding carboxylic acids is 1. The highest BCUT2D eigenvalue weighted by Crippen LogP contribution is 2.30. The summed E-state index contributed by atoms with van der Waals surface area (Å²) in [4.78, 5) is 31.7. The molecule has 0 aliphatic heterocycles. The molecule has 0 unspecified atom stereocenters. The van der Waals surface area contributed by atoms with Gasteiger partial charge in [-0.2, -0.15) is 0 Å². The van der Waals surface area contributed by atoms with E-state index < -0.39 is 4.92 Å². The Morgan fingerprint density at radius 2 is 1.84 bits per heavy atom. The number of ether oxygens (including phenoxy) is 2. The van der Waals surface area contributed by atoms with Crippen LogP contribution < -0.4 is 14.8 Å². The van der Waals surface area contributed by atoms with Gasteiger partial charge in [0.2, 0.25) is 5.91 Å². The first kappa shape index (κ1) is 22.0. The van der Waals surface area contributed by atoms with Gasteiger partial charge in [-0.1, -0.05) is 11.8 Å². The van der Waals surface area contributed by atoms with Gasteiger partial charge in [-0.15, -0.1) is 0 Å². The summed E-state index contributed by atoms with van der Waals surface area (Å²) >= 11 is 1.20. The second-order valence-corrected chi connectivity index (χ2v) is 7.33. The average molecular weight is 440 g/mol. The van der Waals surface area contributed by atoms with Gasteiger partial charge in [0.25, 0.3) is 0 Å². The molecular weight excluding hydrogens is 420 g/mol. The minimum absolute atomic E-state index is 0.0709. The Hall–Kier alpha value is -3.66. The number of aromatic nitrogens is 2. The maximum Gasteiger partial charge on any atom is 0.311 e. The van der Waals surface area contributed by atoms with Crippen molar-refractivity contribution >= 4 is 29.0 Å². The van der Waals surface area contributed by atoms with E-state index in [-0.39, 0.29) is 23.1 Å². The molecule has 10 heteroatoms.